The van der Waals surface area contributed by atoms with Crippen molar-refractivity contribution in [2.24, 2.45) is 0 Å². The summed E-state index contributed by atoms with van der Waals surface area (Å²) in [6.45, 7) is 0. The van der Waals surface area contributed by atoms with E-state index in [1.165, 1.54) is 0 Å². The second kappa shape index (κ2) is 4.70. The van der Waals surface area contributed by atoms with E-state index in [0.717, 1.165) is 17.0 Å². The van der Waals surface area contributed by atoms with Crippen LogP contribution in [0.5, 0.6) is 0 Å². The van der Waals surface area contributed by atoms with Gasteiger partial charge in [-0.05, 0) is 22.9 Å². The summed E-state index contributed by atoms with van der Waals surface area (Å²) in [5.41, 5.74) is 2.04. The highest BCUT2D eigenvalue weighted by Gasteiger charge is 2.04. The molecule has 0 spiro atoms. The highest BCUT2D eigenvalue weighted by molar-refractivity contribution is 5.55. The van der Waals surface area contributed by atoms with Crippen LogP contribution in [0.15, 0.2) is 42.7 Å². The van der Waals surface area contributed by atoms with Crippen LogP contribution in [0.1, 0.15) is 11.4 Å². The van der Waals surface area contributed by atoms with Crippen molar-refractivity contribution < 1.29 is 0 Å². The Balaban J connectivity index is 1.88. The summed E-state index contributed by atoms with van der Waals surface area (Å²) in [5, 5.41) is 13.9. The third-order valence-corrected chi connectivity index (χ3v) is 2.51. The Morgan fingerprint density at radius 2 is 1.94 bits per heavy atom. The van der Waals surface area contributed by atoms with Crippen molar-refractivity contribution >= 4 is 0 Å². The minimum Gasteiger partial charge on any atom is -0.241 e. The molecule has 0 radical (unpaired) electrons. The SMILES string of the molecule is c1cnc(Cc2cccc(-c3nn[nH]n3)c2)nc1. The number of nitrogens with zero attached hydrogens (tertiary/aromatic N) is 5. The topological polar surface area (TPSA) is 80.2 Å². The molecule has 0 saturated heterocycles. The second-order valence-electron chi connectivity index (χ2n) is 3.78. The maximum absolute atomic E-state index is 4.21. The number of hydrogen-bond donors (Lipinski definition) is 1. The summed E-state index contributed by atoms with van der Waals surface area (Å²) < 4.78 is 0. The summed E-state index contributed by atoms with van der Waals surface area (Å²) in [6.07, 6.45) is 4.17. The Morgan fingerprint density at radius 1 is 1.06 bits per heavy atom. The molecule has 0 amide bonds. The van der Waals surface area contributed by atoms with Gasteiger partial charge in [0, 0.05) is 24.4 Å². The molecule has 3 rings (SSSR count). The van der Waals surface area contributed by atoms with Gasteiger partial charge in [-0.2, -0.15) is 5.21 Å². The predicted octanol–water partition coefficient (Wildman–Crippen LogP) is 1.25. The van der Waals surface area contributed by atoms with Crippen LogP contribution in [-0.2, 0) is 6.42 Å². The van der Waals surface area contributed by atoms with Gasteiger partial charge in [-0.1, -0.05) is 18.2 Å². The molecular weight excluding hydrogens is 228 g/mol. The van der Waals surface area contributed by atoms with Crippen LogP contribution in [0.2, 0.25) is 0 Å². The Bertz CT molecular complexity index is 620. The van der Waals surface area contributed by atoms with Crippen molar-refractivity contribution in [1.82, 2.24) is 30.6 Å². The molecule has 6 heteroatoms. The van der Waals surface area contributed by atoms with Crippen molar-refractivity contribution in [1.29, 1.82) is 0 Å². The van der Waals surface area contributed by atoms with Crippen LogP contribution < -0.4 is 0 Å². The lowest BCUT2D eigenvalue weighted by atomic mass is 10.1. The van der Waals surface area contributed by atoms with E-state index in [4.69, 9.17) is 0 Å². The van der Waals surface area contributed by atoms with Gasteiger partial charge in [-0.15, -0.1) is 10.2 Å². The molecule has 0 fully saturated rings. The molecule has 0 saturated carbocycles. The van der Waals surface area contributed by atoms with Crippen LogP contribution in [-0.4, -0.2) is 30.6 Å². The normalized spacial score (nSPS) is 10.4. The summed E-state index contributed by atoms with van der Waals surface area (Å²) in [5.74, 6) is 1.38. The number of rotatable bonds is 3. The zero-order valence-corrected chi connectivity index (χ0v) is 9.48. The van der Waals surface area contributed by atoms with Gasteiger partial charge in [0.15, 0.2) is 0 Å². The van der Waals surface area contributed by atoms with Gasteiger partial charge in [0.2, 0.25) is 5.82 Å². The first-order valence-corrected chi connectivity index (χ1v) is 5.50. The van der Waals surface area contributed by atoms with Crippen molar-refractivity contribution in [3.63, 3.8) is 0 Å². The van der Waals surface area contributed by atoms with E-state index in [0.29, 0.717) is 12.2 Å². The largest absolute Gasteiger partial charge is 0.241 e. The fourth-order valence-electron chi connectivity index (χ4n) is 1.71. The molecule has 6 nitrogen and oxygen atoms in total. The number of benzene rings is 1. The predicted molar refractivity (Wildman–Crippen MR) is 64.5 cm³/mol. The van der Waals surface area contributed by atoms with Crippen molar-refractivity contribution in [2.75, 3.05) is 0 Å². The number of tetrazole rings is 1. The number of H-pyrrole nitrogens is 1. The Labute approximate surface area is 103 Å². The minimum absolute atomic E-state index is 0.589. The Kier molecular flexibility index (Phi) is 2.75. The van der Waals surface area contributed by atoms with Crippen LogP contribution >= 0.6 is 0 Å². The molecule has 3 aromatic rings. The Morgan fingerprint density at radius 3 is 2.72 bits per heavy atom. The molecule has 0 bridgehead atoms. The van der Waals surface area contributed by atoms with Crippen molar-refractivity contribution in [2.45, 2.75) is 6.42 Å². The summed E-state index contributed by atoms with van der Waals surface area (Å²) in [6, 6.07) is 9.75. The van der Waals surface area contributed by atoms with Gasteiger partial charge in [0.1, 0.15) is 5.82 Å². The highest BCUT2D eigenvalue weighted by Crippen LogP contribution is 2.16. The molecule has 88 valence electrons. The molecule has 2 aromatic heterocycles. The molecule has 0 aliphatic rings. The van der Waals surface area contributed by atoms with Gasteiger partial charge in [0.25, 0.3) is 0 Å². The fraction of sp³-hybridized carbons (Fsp3) is 0.0833. The third kappa shape index (κ3) is 2.22. The number of hydrogen-bond acceptors (Lipinski definition) is 5. The summed E-state index contributed by atoms with van der Waals surface area (Å²) in [4.78, 5) is 8.41. The monoisotopic (exact) mass is 238 g/mol. The van der Waals surface area contributed by atoms with E-state index in [9.17, 15) is 0 Å². The molecule has 1 aromatic carbocycles. The van der Waals surface area contributed by atoms with Crippen molar-refractivity contribution in [3.8, 4) is 11.4 Å². The highest BCUT2D eigenvalue weighted by atomic mass is 15.5. The average Bonchev–Trinajstić information content (AvgIpc) is 2.94. The zero-order valence-electron chi connectivity index (χ0n) is 9.48. The molecule has 0 aliphatic carbocycles. The molecule has 1 N–H and O–H groups in total. The first kappa shape index (κ1) is 10.5. The molecule has 0 atom stereocenters. The molecule has 2 heterocycles. The maximum atomic E-state index is 4.21. The molecule has 0 aliphatic heterocycles. The van der Waals surface area contributed by atoms with Crippen LogP contribution in [0.4, 0.5) is 0 Å². The standard InChI is InChI=1S/C12H10N6/c1-3-9(8-11-13-5-2-6-14-11)7-10(4-1)12-15-17-18-16-12/h1-7H,8H2,(H,15,16,17,18). The zero-order chi connectivity index (χ0) is 12.2. The number of aromatic nitrogens is 6. The molecular formula is C12H10N6. The fourth-order valence-corrected chi connectivity index (χ4v) is 1.71. The summed E-state index contributed by atoms with van der Waals surface area (Å²) >= 11 is 0. The van der Waals surface area contributed by atoms with Crippen molar-refractivity contribution in [3.05, 3.63) is 54.1 Å². The van der Waals surface area contributed by atoms with E-state index in [1.54, 1.807) is 18.5 Å². The Hall–Kier alpha value is -2.63. The van der Waals surface area contributed by atoms with Gasteiger partial charge in [-0.3, -0.25) is 0 Å². The van der Waals surface area contributed by atoms with Gasteiger partial charge < -0.3 is 0 Å². The van der Waals surface area contributed by atoms with Gasteiger partial charge in [0.05, 0.1) is 0 Å². The number of nitrogens with one attached hydrogen (secondary N) is 1. The van der Waals surface area contributed by atoms with Crippen LogP contribution in [0.3, 0.4) is 0 Å². The minimum atomic E-state index is 0.589. The first-order valence-electron chi connectivity index (χ1n) is 5.50. The lowest BCUT2D eigenvalue weighted by Crippen LogP contribution is -1.95. The van der Waals surface area contributed by atoms with E-state index in [2.05, 4.69) is 30.6 Å². The summed E-state index contributed by atoms with van der Waals surface area (Å²) in [7, 11) is 0. The lowest BCUT2D eigenvalue weighted by Gasteiger charge is -2.01. The number of aromatic amines is 1. The quantitative estimate of drug-likeness (QED) is 0.742. The van der Waals surface area contributed by atoms with E-state index < -0.39 is 0 Å². The van der Waals surface area contributed by atoms with Crippen LogP contribution in [0, 0.1) is 0 Å². The van der Waals surface area contributed by atoms with Gasteiger partial charge in [-0.25, -0.2) is 9.97 Å². The maximum Gasteiger partial charge on any atom is 0.204 e. The van der Waals surface area contributed by atoms with E-state index >= 15 is 0 Å². The lowest BCUT2D eigenvalue weighted by molar-refractivity contribution is 0.881. The van der Waals surface area contributed by atoms with Gasteiger partial charge >= 0.3 is 0 Å². The smallest absolute Gasteiger partial charge is 0.204 e. The van der Waals surface area contributed by atoms with E-state index in [1.807, 2.05) is 24.3 Å². The molecule has 18 heavy (non-hydrogen) atoms. The third-order valence-electron chi connectivity index (χ3n) is 2.51. The van der Waals surface area contributed by atoms with Crippen LogP contribution in [0.25, 0.3) is 11.4 Å². The first-order chi connectivity index (χ1) is 8.92. The average molecular weight is 238 g/mol. The molecule has 0 unspecified atom stereocenters. The second-order valence-corrected chi connectivity index (χ2v) is 3.78. The van der Waals surface area contributed by atoms with E-state index in [-0.39, 0.29) is 0 Å².